The molecule has 31 heavy (non-hydrogen) atoms. The molecule has 5 nitrogen and oxygen atoms in total. The van der Waals surface area contributed by atoms with Gasteiger partial charge in [0.15, 0.2) is 5.78 Å². The standard InChI is InChI=1S/C26H26N2O3/c1-19-11-9-10-16-22(19)17-27-18-23(28(30)31)24(20-12-5-3-6-13-20)26(27,2)25(29)21-14-7-4-8-15-21/h3-16,23-24H,17-18H2,1-2H3. The van der Waals surface area contributed by atoms with E-state index in [0.717, 1.165) is 16.7 Å². The van der Waals surface area contributed by atoms with Crippen LogP contribution in [0.2, 0.25) is 0 Å². The van der Waals surface area contributed by atoms with E-state index in [-0.39, 0.29) is 17.3 Å². The number of carbonyl (C=O) groups is 1. The SMILES string of the molecule is Cc1ccccc1CN1CC([N+](=O)[O-])C(c2ccccc2)C1(C)C(=O)c1ccccc1. The fraction of sp³-hybridized carbons (Fsp3) is 0.269. The van der Waals surface area contributed by atoms with Crippen molar-refractivity contribution < 1.29 is 9.72 Å². The molecule has 0 saturated carbocycles. The van der Waals surface area contributed by atoms with E-state index < -0.39 is 17.5 Å². The zero-order chi connectivity index (χ0) is 22.0. The number of ketones is 1. The summed E-state index contributed by atoms with van der Waals surface area (Å²) in [6, 6.07) is 25.7. The lowest BCUT2D eigenvalue weighted by molar-refractivity contribution is -0.521. The first-order valence-electron chi connectivity index (χ1n) is 10.5. The highest BCUT2D eigenvalue weighted by Crippen LogP contribution is 2.46. The van der Waals surface area contributed by atoms with E-state index in [9.17, 15) is 14.9 Å². The predicted molar refractivity (Wildman–Crippen MR) is 121 cm³/mol. The van der Waals surface area contributed by atoms with Crippen molar-refractivity contribution in [1.82, 2.24) is 4.90 Å². The van der Waals surface area contributed by atoms with E-state index in [1.165, 1.54) is 0 Å². The summed E-state index contributed by atoms with van der Waals surface area (Å²) in [7, 11) is 0. The van der Waals surface area contributed by atoms with Crippen molar-refractivity contribution in [2.75, 3.05) is 6.54 Å². The van der Waals surface area contributed by atoms with Crippen LogP contribution in [0.25, 0.3) is 0 Å². The molecule has 5 heteroatoms. The minimum atomic E-state index is -1.05. The monoisotopic (exact) mass is 414 g/mol. The van der Waals surface area contributed by atoms with Gasteiger partial charge in [-0.25, -0.2) is 0 Å². The fourth-order valence-corrected chi connectivity index (χ4v) is 4.88. The molecule has 1 aliphatic heterocycles. The Morgan fingerprint density at radius 3 is 2.19 bits per heavy atom. The van der Waals surface area contributed by atoms with Gasteiger partial charge in [0.25, 0.3) is 0 Å². The third kappa shape index (κ3) is 3.77. The van der Waals surface area contributed by atoms with Crippen molar-refractivity contribution in [3.8, 4) is 0 Å². The minimum Gasteiger partial charge on any atom is -0.292 e. The van der Waals surface area contributed by atoms with Gasteiger partial charge in [0.05, 0.1) is 18.0 Å². The quantitative estimate of drug-likeness (QED) is 0.328. The van der Waals surface area contributed by atoms with Crippen molar-refractivity contribution in [1.29, 1.82) is 0 Å². The van der Waals surface area contributed by atoms with Gasteiger partial charge >= 0.3 is 0 Å². The van der Waals surface area contributed by atoms with Gasteiger partial charge in [0.1, 0.15) is 0 Å². The number of nitrogens with zero attached hydrogens (tertiary/aromatic N) is 2. The van der Waals surface area contributed by atoms with Crippen LogP contribution in [0.5, 0.6) is 0 Å². The summed E-state index contributed by atoms with van der Waals surface area (Å²) in [5.41, 5.74) is 2.53. The highest BCUT2D eigenvalue weighted by Gasteiger charge is 2.60. The number of benzene rings is 3. The van der Waals surface area contributed by atoms with Gasteiger partial charge < -0.3 is 0 Å². The minimum absolute atomic E-state index is 0.0834. The molecule has 1 aliphatic rings. The van der Waals surface area contributed by atoms with Crippen LogP contribution in [0.3, 0.4) is 0 Å². The van der Waals surface area contributed by atoms with Gasteiger partial charge in [-0.15, -0.1) is 0 Å². The van der Waals surface area contributed by atoms with Gasteiger partial charge in [-0.05, 0) is 30.5 Å². The van der Waals surface area contributed by atoms with Crippen LogP contribution >= 0.6 is 0 Å². The van der Waals surface area contributed by atoms with E-state index in [1.807, 2.05) is 91.5 Å². The highest BCUT2D eigenvalue weighted by molar-refractivity contribution is 6.04. The zero-order valence-electron chi connectivity index (χ0n) is 17.8. The number of Topliss-reactive ketones (excluding diaryl/α,β-unsaturated/α-hetero) is 1. The van der Waals surface area contributed by atoms with Crippen LogP contribution in [-0.4, -0.2) is 33.7 Å². The average molecular weight is 415 g/mol. The molecule has 0 amide bonds. The Morgan fingerprint density at radius 2 is 1.58 bits per heavy atom. The summed E-state index contributed by atoms with van der Waals surface area (Å²) in [6.07, 6.45) is 0. The largest absolute Gasteiger partial charge is 0.292 e. The smallest absolute Gasteiger partial charge is 0.234 e. The molecule has 0 bridgehead atoms. The summed E-state index contributed by atoms with van der Waals surface area (Å²) in [5.74, 6) is -0.639. The van der Waals surface area contributed by atoms with Crippen LogP contribution in [0, 0.1) is 17.0 Å². The maximum absolute atomic E-state index is 13.9. The van der Waals surface area contributed by atoms with Gasteiger partial charge in [0, 0.05) is 17.0 Å². The number of likely N-dealkylation sites (tertiary alicyclic amines) is 1. The molecule has 0 radical (unpaired) electrons. The van der Waals surface area contributed by atoms with Crippen molar-refractivity contribution in [3.63, 3.8) is 0 Å². The highest BCUT2D eigenvalue weighted by atomic mass is 16.6. The summed E-state index contributed by atoms with van der Waals surface area (Å²) in [4.78, 5) is 27.9. The van der Waals surface area contributed by atoms with Crippen LogP contribution in [0.1, 0.15) is 39.9 Å². The van der Waals surface area contributed by atoms with Crippen molar-refractivity contribution in [2.45, 2.75) is 37.9 Å². The summed E-state index contributed by atoms with van der Waals surface area (Å²) < 4.78 is 0. The molecule has 0 spiro atoms. The lowest BCUT2D eigenvalue weighted by Gasteiger charge is -2.37. The second-order valence-electron chi connectivity index (χ2n) is 8.39. The molecule has 3 unspecified atom stereocenters. The van der Waals surface area contributed by atoms with Crippen LogP contribution in [0.15, 0.2) is 84.9 Å². The third-order valence-corrected chi connectivity index (χ3v) is 6.60. The number of carbonyl (C=O) groups excluding carboxylic acids is 1. The Labute approximate surface area is 182 Å². The van der Waals surface area contributed by atoms with Crippen molar-refractivity contribution >= 4 is 5.78 Å². The molecule has 1 saturated heterocycles. The normalized spacial score (nSPS) is 23.5. The average Bonchev–Trinajstić information content (AvgIpc) is 3.09. The van der Waals surface area contributed by atoms with Gasteiger partial charge in [-0.3, -0.25) is 19.8 Å². The molecule has 3 aromatic carbocycles. The number of hydrogen-bond donors (Lipinski definition) is 0. The number of aryl methyl sites for hydroxylation is 1. The Morgan fingerprint density at radius 1 is 1.00 bits per heavy atom. The van der Waals surface area contributed by atoms with Crippen molar-refractivity contribution in [2.24, 2.45) is 0 Å². The predicted octanol–water partition coefficient (Wildman–Crippen LogP) is 4.88. The molecule has 3 aromatic rings. The van der Waals surface area contributed by atoms with E-state index in [0.29, 0.717) is 12.1 Å². The number of rotatable bonds is 6. The molecule has 3 atom stereocenters. The van der Waals surface area contributed by atoms with Gasteiger partial charge in [0.2, 0.25) is 6.04 Å². The van der Waals surface area contributed by atoms with E-state index >= 15 is 0 Å². The molecule has 158 valence electrons. The molecule has 1 heterocycles. The molecular weight excluding hydrogens is 388 g/mol. The summed E-state index contributed by atoms with van der Waals surface area (Å²) >= 11 is 0. The Balaban J connectivity index is 1.86. The topological polar surface area (TPSA) is 63.4 Å². The van der Waals surface area contributed by atoms with E-state index in [4.69, 9.17) is 0 Å². The molecule has 0 aliphatic carbocycles. The Bertz CT molecular complexity index is 1080. The maximum Gasteiger partial charge on any atom is 0.234 e. The molecule has 1 fully saturated rings. The molecule has 4 rings (SSSR count). The first-order valence-corrected chi connectivity index (χ1v) is 10.5. The lowest BCUT2D eigenvalue weighted by atomic mass is 9.74. The van der Waals surface area contributed by atoms with Crippen LogP contribution in [-0.2, 0) is 6.54 Å². The van der Waals surface area contributed by atoms with Crippen LogP contribution in [0.4, 0.5) is 0 Å². The van der Waals surface area contributed by atoms with E-state index in [2.05, 4.69) is 0 Å². The second kappa shape index (κ2) is 8.44. The summed E-state index contributed by atoms with van der Waals surface area (Å²) in [6.45, 7) is 4.61. The third-order valence-electron chi connectivity index (χ3n) is 6.60. The second-order valence-corrected chi connectivity index (χ2v) is 8.39. The van der Waals surface area contributed by atoms with Crippen LogP contribution < -0.4 is 0 Å². The first-order chi connectivity index (χ1) is 14.9. The molecule has 0 N–H and O–H groups in total. The van der Waals surface area contributed by atoms with Gasteiger partial charge in [-0.2, -0.15) is 0 Å². The number of nitro groups is 1. The Kier molecular flexibility index (Phi) is 5.70. The van der Waals surface area contributed by atoms with Crippen molar-refractivity contribution in [3.05, 3.63) is 117 Å². The first kappa shape index (κ1) is 20.9. The van der Waals surface area contributed by atoms with E-state index in [1.54, 1.807) is 12.1 Å². The maximum atomic E-state index is 13.9. The zero-order valence-corrected chi connectivity index (χ0v) is 17.8. The lowest BCUT2D eigenvalue weighted by Crippen LogP contribution is -2.51. The Hall–Kier alpha value is -3.31. The summed E-state index contributed by atoms with van der Waals surface area (Å²) in [5, 5.41) is 12.2. The molecule has 0 aromatic heterocycles. The fourth-order valence-electron chi connectivity index (χ4n) is 4.88. The molecular formula is C26H26N2O3. The van der Waals surface area contributed by atoms with Gasteiger partial charge in [-0.1, -0.05) is 84.9 Å². The number of hydrogen-bond acceptors (Lipinski definition) is 4.